The lowest BCUT2D eigenvalue weighted by Crippen LogP contribution is -2.23. The van der Waals surface area contributed by atoms with Crippen LogP contribution in [0.1, 0.15) is 11.3 Å². The van der Waals surface area contributed by atoms with Crippen molar-refractivity contribution in [3.63, 3.8) is 0 Å². The van der Waals surface area contributed by atoms with E-state index in [9.17, 15) is 10.1 Å². The van der Waals surface area contributed by atoms with Crippen molar-refractivity contribution in [2.75, 3.05) is 7.11 Å². The molecule has 3 rings (SSSR count). The minimum atomic E-state index is -0.498. The van der Waals surface area contributed by atoms with Crippen LogP contribution in [0.4, 0.5) is 0 Å². The maximum absolute atomic E-state index is 12.3. The molecular formula is C22H16Cl2N2O3. The summed E-state index contributed by atoms with van der Waals surface area (Å²) >= 11 is 12.2. The second kappa shape index (κ2) is 9.33. The van der Waals surface area contributed by atoms with Gasteiger partial charge in [-0.3, -0.25) is 4.79 Å². The number of ether oxygens (including phenoxy) is 1. The van der Waals surface area contributed by atoms with Gasteiger partial charge in [0.2, 0.25) is 0 Å². The van der Waals surface area contributed by atoms with Crippen LogP contribution in [0.15, 0.2) is 64.6 Å². The molecule has 1 aromatic heterocycles. The highest BCUT2D eigenvalue weighted by Crippen LogP contribution is 2.34. The van der Waals surface area contributed by atoms with Crippen LogP contribution in [0, 0.1) is 11.3 Å². The summed E-state index contributed by atoms with van der Waals surface area (Å²) in [5.41, 5.74) is 1.44. The average Bonchev–Trinajstić information content (AvgIpc) is 3.21. The molecule has 0 spiro atoms. The van der Waals surface area contributed by atoms with Gasteiger partial charge in [-0.15, -0.1) is 0 Å². The Labute approximate surface area is 178 Å². The molecule has 3 aromatic rings. The van der Waals surface area contributed by atoms with E-state index in [1.54, 1.807) is 49.6 Å². The van der Waals surface area contributed by atoms with E-state index in [1.165, 1.54) is 6.08 Å². The van der Waals surface area contributed by atoms with Gasteiger partial charge in [0.15, 0.2) is 0 Å². The van der Waals surface area contributed by atoms with Crippen molar-refractivity contribution < 1.29 is 13.9 Å². The number of hydrogen-bond acceptors (Lipinski definition) is 4. The van der Waals surface area contributed by atoms with Gasteiger partial charge < -0.3 is 14.5 Å². The van der Waals surface area contributed by atoms with Gasteiger partial charge in [-0.1, -0.05) is 41.4 Å². The van der Waals surface area contributed by atoms with E-state index in [0.717, 1.165) is 11.3 Å². The van der Waals surface area contributed by atoms with E-state index >= 15 is 0 Å². The lowest BCUT2D eigenvalue weighted by atomic mass is 10.2. The van der Waals surface area contributed by atoms with Crippen molar-refractivity contribution in [3.8, 4) is 23.1 Å². The number of nitriles is 1. The fraction of sp³-hybridized carbons (Fsp3) is 0.0909. The molecule has 0 saturated carbocycles. The number of hydrogen-bond donors (Lipinski definition) is 1. The summed E-state index contributed by atoms with van der Waals surface area (Å²) in [5, 5.41) is 12.8. The van der Waals surface area contributed by atoms with E-state index < -0.39 is 5.91 Å². The van der Waals surface area contributed by atoms with Crippen LogP contribution in [-0.4, -0.2) is 13.0 Å². The highest BCUT2D eigenvalue weighted by molar-refractivity contribution is 6.43. The van der Waals surface area contributed by atoms with Gasteiger partial charge in [-0.25, -0.2) is 0 Å². The molecule has 0 aliphatic rings. The molecule has 1 N–H and O–H groups in total. The zero-order valence-corrected chi connectivity index (χ0v) is 16.9. The molecule has 5 nitrogen and oxygen atoms in total. The quantitative estimate of drug-likeness (QED) is 0.417. The van der Waals surface area contributed by atoms with E-state index in [-0.39, 0.29) is 12.1 Å². The van der Waals surface area contributed by atoms with Crippen molar-refractivity contribution in [1.29, 1.82) is 5.26 Å². The minimum Gasteiger partial charge on any atom is -0.497 e. The van der Waals surface area contributed by atoms with Gasteiger partial charge in [0, 0.05) is 18.2 Å². The normalized spacial score (nSPS) is 11.0. The average molecular weight is 427 g/mol. The largest absolute Gasteiger partial charge is 0.497 e. The molecule has 0 bridgehead atoms. The number of halogens is 2. The van der Waals surface area contributed by atoms with Crippen LogP contribution in [0.25, 0.3) is 17.4 Å². The maximum atomic E-state index is 12.3. The number of rotatable bonds is 6. The van der Waals surface area contributed by atoms with E-state index in [4.69, 9.17) is 32.4 Å². The Hall–Kier alpha value is -3.20. The number of carbonyl (C=O) groups is 1. The molecule has 0 aliphatic carbocycles. The molecule has 0 atom stereocenters. The molecule has 0 saturated heterocycles. The molecule has 0 fully saturated rings. The number of methoxy groups -OCH3 is 1. The Balaban J connectivity index is 1.72. The maximum Gasteiger partial charge on any atom is 0.262 e. The Morgan fingerprint density at radius 2 is 1.93 bits per heavy atom. The number of furan rings is 1. The first-order valence-corrected chi connectivity index (χ1v) is 9.34. The summed E-state index contributed by atoms with van der Waals surface area (Å²) in [6.07, 6.45) is 1.38. The summed E-state index contributed by atoms with van der Waals surface area (Å²) in [5.74, 6) is 1.07. The summed E-state index contributed by atoms with van der Waals surface area (Å²) in [6.45, 7) is 0.281. The Kier molecular flexibility index (Phi) is 6.61. The van der Waals surface area contributed by atoms with Crippen LogP contribution in [0.5, 0.6) is 5.75 Å². The fourth-order valence-corrected chi connectivity index (χ4v) is 2.97. The van der Waals surface area contributed by atoms with Gasteiger partial charge in [0.05, 0.1) is 17.2 Å². The smallest absolute Gasteiger partial charge is 0.262 e. The second-order valence-corrected chi connectivity index (χ2v) is 6.79. The number of benzene rings is 2. The predicted molar refractivity (Wildman–Crippen MR) is 113 cm³/mol. The Bertz CT molecular complexity index is 1100. The van der Waals surface area contributed by atoms with Crippen LogP contribution in [0.2, 0.25) is 10.0 Å². The fourth-order valence-electron chi connectivity index (χ4n) is 2.58. The van der Waals surface area contributed by atoms with Crippen LogP contribution >= 0.6 is 23.2 Å². The van der Waals surface area contributed by atoms with E-state index in [1.807, 2.05) is 18.2 Å². The highest BCUT2D eigenvalue weighted by Gasteiger charge is 2.13. The third-order valence-electron chi connectivity index (χ3n) is 4.11. The molecule has 0 unspecified atom stereocenters. The lowest BCUT2D eigenvalue weighted by molar-refractivity contribution is -0.117. The van der Waals surface area contributed by atoms with E-state index in [2.05, 4.69) is 5.32 Å². The summed E-state index contributed by atoms with van der Waals surface area (Å²) < 4.78 is 10.8. The topological polar surface area (TPSA) is 75.3 Å². The molecule has 0 aliphatic heterocycles. The van der Waals surface area contributed by atoms with Crippen molar-refractivity contribution in [1.82, 2.24) is 5.32 Å². The van der Waals surface area contributed by atoms with Crippen LogP contribution in [-0.2, 0) is 11.3 Å². The third-order valence-corrected chi connectivity index (χ3v) is 4.93. The summed E-state index contributed by atoms with van der Waals surface area (Å²) in [4.78, 5) is 12.3. The molecule has 1 amide bonds. The van der Waals surface area contributed by atoms with Gasteiger partial charge in [0.1, 0.15) is 28.9 Å². The first-order chi connectivity index (χ1) is 14.0. The molecular weight excluding hydrogens is 411 g/mol. The lowest BCUT2D eigenvalue weighted by Gasteiger charge is -2.05. The van der Waals surface area contributed by atoms with Gasteiger partial charge >= 0.3 is 0 Å². The number of carbonyl (C=O) groups excluding carboxylic acids is 1. The molecule has 29 heavy (non-hydrogen) atoms. The number of nitrogens with one attached hydrogen (secondary N) is 1. The van der Waals surface area contributed by atoms with Gasteiger partial charge in [-0.2, -0.15) is 5.26 Å². The first kappa shape index (κ1) is 20.5. The summed E-state index contributed by atoms with van der Waals surface area (Å²) in [7, 11) is 1.58. The molecule has 146 valence electrons. The Morgan fingerprint density at radius 1 is 1.17 bits per heavy atom. The minimum absolute atomic E-state index is 0.0726. The van der Waals surface area contributed by atoms with Gasteiger partial charge in [-0.05, 0) is 42.0 Å². The first-order valence-electron chi connectivity index (χ1n) is 8.59. The number of amides is 1. The zero-order chi connectivity index (χ0) is 20.8. The molecule has 2 aromatic carbocycles. The van der Waals surface area contributed by atoms with Crippen molar-refractivity contribution in [2.24, 2.45) is 0 Å². The monoisotopic (exact) mass is 426 g/mol. The van der Waals surface area contributed by atoms with Crippen LogP contribution < -0.4 is 10.1 Å². The van der Waals surface area contributed by atoms with Crippen molar-refractivity contribution in [2.45, 2.75) is 6.54 Å². The molecule has 0 radical (unpaired) electrons. The van der Waals surface area contributed by atoms with Crippen molar-refractivity contribution >= 4 is 35.2 Å². The third kappa shape index (κ3) is 5.00. The SMILES string of the molecule is COc1ccc(CNC(=O)/C(C#N)=C/c2ccc(-c3cccc(Cl)c3Cl)o2)cc1. The second-order valence-electron chi connectivity index (χ2n) is 6.00. The standard InChI is InChI=1S/C22H16Cl2N2O3/c1-28-16-7-5-14(6-8-16)13-26-22(27)15(12-25)11-17-9-10-20(29-17)18-3-2-4-19(23)21(18)24/h2-11H,13H2,1H3,(H,26,27)/b15-11+. The Morgan fingerprint density at radius 3 is 2.62 bits per heavy atom. The molecule has 7 heteroatoms. The van der Waals surface area contributed by atoms with E-state index in [0.29, 0.717) is 27.1 Å². The van der Waals surface area contributed by atoms with Crippen LogP contribution in [0.3, 0.4) is 0 Å². The predicted octanol–water partition coefficient (Wildman–Crippen LogP) is 5.49. The summed E-state index contributed by atoms with van der Waals surface area (Å²) in [6, 6.07) is 17.7. The molecule has 1 heterocycles. The van der Waals surface area contributed by atoms with Crippen molar-refractivity contribution in [3.05, 3.63) is 81.5 Å². The highest BCUT2D eigenvalue weighted by atomic mass is 35.5. The number of nitrogens with zero attached hydrogens (tertiary/aromatic N) is 1. The van der Waals surface area contributed by atoms with Gasteiger partial charge in [0.25, 0.3) is 5.91 Å². The zero-order valence-electron chi connectivity index (χ0n) is 15.4.